The first-order chi connectivity index (χ1) is 15.5. The lowest BCUT2D eigenvalue weighted by atomic mass is 10.0. The number of hydrogen-bond donors (Lipinski definition) is 2. The molecule has 1 aliphatic heterocycles. The Bertz CT molecular complexity index is 1040. The van der Waals surface area contributed by atoms with E-state index < -0.39 is 0 Å². The molecule has 0 spiro atoms. The zero-order valence-electron chi connectivity index (χ0n) is 19.4. The molecule has 0 bridgehead atoms. The van der Waals surface area contributed by atoms with Crippen molar-refractivity contribution in [2.75, 3.05) is 11.9 Å². The quantitative estimate of drug-likeness (QED) is 0.545. The van der Waals surface area contributed by atoms with Gasteiger partial charge in [-0.15, -0.1) is 0 Å². The molecule has 1 aliphatic rings. The summed E-state index contributed by atoms with van der Waals surface area (Å²) in [5.74, 6) is 1.11. The number of carbonyl (C=O) groups excluding carboxylic acids is 1. The van der Waals surface area contributed by atoms with E-state index in [4.69, 9.17) is 0 Å². The Hall–Kier alpha value is -2.93. The summed E-state index contributed by atoms with van der Waals surface area (Å²) in [5.41, 5.74) is 4.98. The number of nitrogens with zero attached hydrogens (tertiary/aromatic N) is 4. The molecule has 1 atom stereocenters. The van der Waals surface area contributed by atoms with Crippen molar-refractivity contribution in [1.29, 1.82) is 0 Å². The first-order valence-electron chi connectivity index (χ1n) is 11.7. The number of aromatic nitrogens is 4. The molecule has 0 aliphatic carbocycles. The summed E-state index contributed by atoms with van der Waals surface area (Å²) in [6.07, 6.45) is 8.29. The van der Waals surface area contributed by atoms with Gasteiger partial charge in [0.2, 0.25) is 5.91 Å². The van der Waals surface area contributed by atoms with Crippen molar-refractivity contribution < 1.29 is 4.79 Å². The standard InChI is InChI=1S/C25H34N6O/c1-4-5-9-24-26-16-21(27-24)17-30-14-7-6-8-23(30)25(32)28-20-10-12-22(13-11-20)31-19(3)15-18(2)29-31/h10-13,15-16,23H,4-9,14,17H2,1-3H3,(H,26,27)(H,28,32)/t23-/m0/s1. The number of H-pyrrole nitrogens is 1. The van der Waals surface area contributed by atoms with Crippen LogP contribution in [-0.2, 0) is 17.8 Å². The van der Waals surface area contributed by atoms with Gasteiger partial charge in [-0.1, -0.05) is 19.8 Å². The van der Waals surface area contributed by atoms with Gasteiger partial charge in [0.25, 0.3) is 0 Å². The molecule has 1 saturated heterocycles. The van der Waals surface area contributed by atoms with E-state index in [2.05, 4.69) is 38.3 Å². The minimum atomic E-state index is -0.123. The average Bonchev–Trinajstić information content (AvgIpc) is 3.38. The second-order valence-corrected chi connectivity index (χ2v) is 8.82. The molecule has 0 unspecified atom stereocenters. The zero-order valence-corrected chi connectivity index (χ0v) is 19.4. The SMILES string of the molecule is CCCCc1ncc(CN2CCCC[C@H]2C(=O)Nc2ccc(-n3nc(C)cc3C)cc2)[nH]1. The Morgan fingerprint density at radius 3 is 2.75 bits per heavy atom. The van der Waals surface area contributed by atoms with E-state index in [0.717, 1.165) is 85.9 Å². The minimum Gasteiger partial charge on any atom is -0.345 e. The molecule has 0 saturated carbocycles. The molecule has 7 heteroatoms. The Morgan fingerprint density at radius 1 is 1.22 bits per heavy atom. The zero-order chi connectivity index (χ0) is 22.5. The molecule has 2 N–H and O–H groups in total. The number of aryl methyl sites for hydroxylation is 3. The molecule has 3 aromatic rings. The van der Waals surface area contributed by atoms with E-state index in [1.165, 1.54) is 0 Å². The van der Waals surface area contributed by atoms with Crippen LogP contribution in [0.15, 0.2) is 36.5 Å². The summed E-state index contributed by atoms with van der Waals surface area (Å²) in [4.78, 5) is 23.4. The van der Waals surface area contributed by atoms with Crippen LogP contribution in [0.25, 0.3) is 5.69 Å². The van der Waals surface area contributed by atoms with E-state index in [9.17, 15) is 4.79 Å². The summed E-state index contributed by atoms with van der Waals surface area (Å²) < 4.78 is 1.92. The van der Waals surface area contributed by atoms with Gasteiger partial charge in [0.1, 0.15) is 5.82 Å². The number of piperidine rings is 1. The highest BCUT2D eigenvalue weighted by Gasteiger charge is 2.29. The number of nitrogens with one attached hydrogen (secondary N) is 2. The second kappa shape index (κ2) is 10.1. The third-order valence-corrected chi connectivity index (χ3v) is 6.13. The molecule has 2 aromatic heterocycles. The number of imidazole rings is 1. The van der Waals surface area contributed by atoms with Crippen LogP contribution in [0.2, 0.25) is 0 Å². The molecule has 1 aromatic carbocycles. The second-order valence-electron chi connectivity index (χ2n) is 8.82. The van der Waals surface area contributed by atoms with Crippen molar-refractivity contribution in [1.82, 2.24) is 24.6 Å². The van der Waals surface area contributed by atoms with E-state index in [0.29, 0.717) is 0 Å². The number of amides is 1. The Kier molecular flexibility index (Phi) is 7.05. The summed E-state index contributed by atoms with van der Waals surface area (Å²) in [6.45, 7) is 7.88. The highest BCUT2D eigenvalue weighted by Crippen LogP contribution is 2.22. The summed E-state index contributed by atoms with van der Waals surface area (Å²) in [5, 5.41) is 7.65. The number of benzene rings is 1. The number of unbranched alkanes of at least 4 members (excludes halogenated alkanes) is 1. The number of likely N-dealkylation sites (tertiary alicyclic amines) is 1. The maximum atomic E-state index is 13.1. The maximum Gasteiger partial charge on any atom is 0.241 e. The molecule has 1 fully saturated rings. The summed E-state index contributed by atoms with van der Waals surface area (Å²) in [7, 11) is 0. The number of aromatic amines is 1. The first-order valence-corrected chi connectivity index (χ1v) is 11.7. The molecule has 1 amide bonds. The molecule has 170 valence electrons. The predicted molar refractivity (Wildman–Crippen MR) is 127 cm³/mol. The predicted octanol–water partition coefficient (Wildman–Crippen LogP) is 4.55. The fraction of sp³-hybridized carbons (Fsp3) is 0.480. The van der Waals surface area contributed by atoms with Crippen LogP contribution >= 0.6 is 0 Å². The molecular weight excluding hydrogens is 400 g/mol. The van der Waals surface area contributed by atoms with Gasteiger partial charge in [0, 0.05) is 36.2 Å². The summed E-state index contributed by atoms with van der Waals surface area (Å²) >= 11 is 0. The van der Waals surface area contributed by atoms with Crippen LogP contribution in [0.4, 0.5) is 5.69 Å². The number of anilines is 1. The molecular formula is C25H34N6O. The maximum absolute atomic E-state index is 13.1. The van der Waals surface area contributed by atoms with Crippen molar-refractivity contribution in [3.63, 3.8) is 0 Å². The summed E-state index contributed by atoms with van der Waals surface area (Å²) in [6, 6.07) is 9.82. The van der Waals surface area contributed by atoms with Crippen LogP contribution in [-0.4, -0.2) is 43.1 Å². The van der Waals surface area contributed by atoms with Gasteiger partial charge in [-0.3, -0.25) is 9.69 Å². The van der Waals surface area contributed by atoms with Crippen molar-refractivity contribution in [2.45, 2.75) is 71.9 Å². The third-order valence-electron chi connectivity index (χ3n) is 6.13. The Labute approximate surface area is 190 Å². The highest BCUT2D eigenvalue weighted by atomic mass is 16.2. The lowest BCUT2D eigenvalue weighted by Crippen LogP contribution is -2.46. The molecule has 7 nitrogen and oxygen atoms in total. The van der Waals surface area contributed by atoms with Crippen LogP contribution < -0.4 is 5.32 Å². The van der Waals surface area contributed by atoms with Crippen LogP contribution in [0.5, 0.6) is 0 Å². The number of rotatable bonds is 8. The van der Waals surface area contributed by atoms with Crippen molar-refractivity contribution in [3.8, 4) is 5.69 Å². The van der Waals surface area contributed by atoms with Crippen molar-refractivity contribution >= 4 is 11.6 Å². The normalized spacial score (nSPS) is 16.9. The van der Waals surface area contributed by atoms with Crippen LogP contribution in [0, 0.1) is 13.8 Å². The van der Waals surface area contributed by atoms with E-state index in [1.54, 1.807) is 0 Å². The van der Waals surface area contributed by atoms with Gasteiger partial charge < -0.3 is 10.3 Å². The van der Waals surface area contributed by atoms with Crippen LogP contribution in [0.3, 0.4) is 0 Å². The topological polar surface area (TPSA) is 78.8 Å². The van der Waals surface area contributed by atoms with Crippen molar-refractivity contribution in [2.24, 2.45) is 0 Å². The smallest absolute Gasteiger partial charge is 0.241 e. The van der Waals surface area contributed by atoms with Gasteiger partial charge in [-0.2, -0.15) is 5.10 Å². The highest BCUT2D eigenvalue weighted by molar-refractivity contribution is 5.95. The number of carbonyl (C=O) groups is 1. The molecule has 4 rings (SSSR count). The monoisotopic (exact) mass is 434 g/mol. The Balaban J connectivity index is 1.39. The van der Waals surface area contributed by atoms with Gasteiger partial charge in [-0.25, -0.2) is 9.67 Å². The van der Waals surface area contributed by atoms with Gasteiger partial charge in [-0.05, 0) is 70.0 Å². The fourth-order valence-electron chi connectivity index (χ4n) is 4.46. The average molecular weight is 435 g/mol. The lowest BCUT2D eigenvalue weighted by Gasteiger charge is -2.34. The van der Waals surface area contributed by atoms with E-state index in [1.807, 2.05) is 49.0 Å². The first kappa shape index (κ1) is 22.3. The van der Waals surface area contributed by atoms with E-state index >= 15 is 0 Å². The molecule has 3 heterocycles. The number of hydrogen-bond acceptors (Lipinski definition) is 4. The minimum absolute atomic E-state index is 0.0642. The van der Waals surface area contributed by atoms with Crippen molar-refractivity contribution in [3.05, 3.63) is 59.4 Å². The van der Waals surface area contributed by atoms with Gasteiger partial charge >= 0.3 is 0 Å². The largest absolute Gasteiger partial charge is 0.345 e. The van der Waals surface area contributed by atoms with Gasteiger partial charge in [0.05, 0.1) is 17.4 Å². The fourth-order valence-corrected chi connectivity index (χ4v) is 4.46. The van der Waals surface area contributed by atoms with Crippen LogP contribution in [0.1, 0.15) is 61.9 Å². The Morgan fingerprint density at radius 2 is 2.03 bits per heavy atom. The lowest BCUT2D eigenvalue weighted by molar-refractivity contribution is -0.122. The molecule has 32 heavy (non-hydrogen) atoms. The molecule has 0 radical (unpaired) electrons. The van der Waals surface area contributed by atoms with E-state index in [-0.39, 0.29) is 11.9 Å². The van der Waals surface area contributed by atoms with Gasteiger partial charge in [0.15, 0.2) is 0 Å². The third kappa shape index (κ3) is 5.27.